The van der Waals surface area contributed by atoms with E-state index < -0.39 is 22.0 Å². The highest BCUT2D eigenvalue weighted by molar-refractivity contribution is 7.89. The average molecular weight is 556 g/mol. The summed E-state index contributed by atoms with van der Waals surface area (Å²) in [6.45, 7) is 6.17. The summed E-state index contributed by atoms with van der Waals surface area (Å²) in [5.41, 5.74) is 3.59. The van der Waals surface area contributed by atoms with Gasteiger partial charge in [0, 0.05) is 51.0 Å². The fourth-order valence-electron chi connectivity index (χ4n) is 4.74. The molecule has 2 amide bonds. The van der Waals surface area contributed by atoms with E-state index in [0.717, 1.165) is 36.2 Å². The first kappa shape index (κ1) is 28.4. The van der Waals surface area contributed by atoms with Gasteiger partial charge in [0.05, 0.1) is 11.4 Å². The van der Waals surface area contributed by atoms with Crippen LogP contribution < -0.4 is 20.0 Å². The van der Waals surface area contributed by atoms with Crippen molar-refractivity contribution in [1.29, 1.82) is 0 Å². The van der Waals surface area contributed by atoms with E-state index in [1.54, 1.807) is 18.5 Å². The van der Waals surface area contributed by atoms with Gasteiger partial charge in [-0.3, -0.25) is 14.8 Å². The van der Waals surface area contributed by atoms with Crippen LogP contribution in [0.3, 0.4) is 0 Å². The third-order valence-electron chi connectivity index (χ3n) is 6.96. The molecule has 1 fully saturated rings. The number of rotatable bonds is 6. The van der Waals surface area contributed by atoms with E-state index in [2.05, 4.69) is 28.7 Å². The van der Waals surface area contributed by atoms with E-state index in [4.69, 9.17) is 4.74 Å². The van der Waals surface area contributed by atoms with Gasteiger partial charge in [-0.1, -0.05) is 5.92 Å². The average Bonchev–Trinajstić information content (AvgIpc) is 3.11. The molecule has 0 bridgehead atoms. The van der Waals surface area contributed by atoms with Crippen LogP contribution in [-0.4, -0.2) is 87.1 Å². The van der Waals surface area contributed by atoms with Crippen LogP contribution in [0.25, 0.3) is 0 Å². The zero-order chi connectivity index (χ0) is 28.2. The van der Waals surface area contributed by atoms with Gasteiger partial charge in [-0.15, -0.1) is 5.92 Å². The lowest BCUT2D eigenvalue weighted by atomic mass is 10.1. The maximum Gasteiger partial charge on any atom is 0.263 e. The van der Waals surface area contributed by atoms with E-state index >= 15 is 0 Å². The minimum absolute atomic E-state index is 0.0554. The molecule has 2 aromatic carbocycles. The highest BCUT2D eigenvalue weighted by atomic mass is 32.2. The molecule has 208 valence electrons. The highest BCUT2D eigenvalue weighted by Gasteiger charge is 2.41. The summed E-state index contributed by atoms with van der Waals surface area (Å²) in [6, 6.07) is 10.0. The lowest BCUT2D eigenvalue weighted by molar-refractivity contribution is -0.133. The number of carbonyl (C=O) groups is 2. The number of amides is 2. The molecule has 2 heterocycles. The summed E-state index contributed by atoms with van der Waals surface area (Å²) in [6.07, 6.45) is 0. The molecular weight excluding hydrogens is 522 g/mol. The van der Waals surface area contributed by atoms with Crippen molar-refractivity contribution in [3.05, 3.63) is 48.0 Å². The SMILES string of the molecule is CC#CCOc1ccc(S(=O)(=O)N2Cc3cc(N4CCN(C)CC4)ccc3N(C(C)=O)CC2C(=O)NO)cc1. The summed E-state index contributed by atoms with van der Waals surface area (Å²) in [5.74, 6) is 4.65. The lowest BCUT2D eigenvalue weighted by Gasteiger charge is -2.34. The molecule has 12 heteroatoms. The van der Waals surface area contributed by atoms with Gasteiger partial charge >= 0.3 is 0 Å². The molecular formula is C27H33N5O6S. The van der Waals surface area contributed by atoms with Crippen molar-refractivity contribution >= 4 is 33.2 Å². The predicted molar refractivity (Wildman–Crippen MR) is 146 cm³/mol. The van der Waals surface area contributed by atoms with Gasteiger partial charge in [0.15, 0.2) is 0 Å². The van der Waals surface area contributed by atoms with Crippen molar-refractivity contribution in [2.75, 3.05) is 56.2 Å². The van der Waals surface area contributed by atoms with Crippen molar-refractivity contribution in [2.24, 2.45) is 0 Å². The number of nitrogens with one attached hydrogen (secondary N) is 1. The van der Waals surface area contributed by atoms with Gasteiger partial charge in [0.1, 0.15) is 18.4 Å². The minimum Gasteiger partial charge on any atom is -0.481 e. The molecule has 2 aromatic rings. The lowest BCUT2D eigenvalue weighted by Crippen LogP contribution is -2.53. The van der Waals surface area contributed by atoms with E-state index in [9.17, 15) is 23.2 Å². The first-order valence-electron chi connectivity index (χ1n) is 12.6. The number of hydrogen-bond acceptors (Lipinski definition) is 8. The quantitative estimate of drug-likeness (QED) is 0.311. The summed E-state index contributed by atoms with van der Waals surface area (Å²) < 4.78 is 34.4. The van der Waals surface area contributed by atoms with Crippen molar-refractivity contribution < 1.29 is 28.0 Å². The molecule has 0 aliphatic carbocycles. The van der Waals surface area contributed by atoms with Gasteiger partial charge in [-0.25, -0.2) is 13.9 Å². The molecule has 11 nitrogen and oxygen atoms in total. The Balaban J connectivity index is 1.74. The third-order valence-corrected chi connectivity index (χ3v) is 8.83. The number of piperazine rings is 1. The topological polar surface area (TPSA) is 123 Å². The van der Waals surface area contributed by atoms with Crippen LogP contribution >= 0.6 is 0 Å². The van der Waals surface area contributed by atoms with Crippen LogP contribution in [0.5, 0.6) is 5.75 Å². The number of ether oxygens (including phenoxy) is 1. The van der Waals surface area contributed by atoms with Crippen molar-refractivity contribution in [3.8, 4) is 17.6 Å². The molecule has 1 saturated heterocycles. The van der Waals surface area contributed by atoms with Gasteiger partial charge in [-0.2, -0.15) is 4.31 Å². The van der Waals surface area contributed by atoms with Crippen LogP contribution in [-0.2, 0) is 26.2 Å². The number of carbonyl (C=O) groups excluding carboxylic acids is 2. The monoisotopic (exact) mass is 555 g/mol. The smallest absolute Gasteiger partial charge is 0.263 e. The molecule has 4 rings (SSSR count). The van der Waals surface area contributed by atoms with Crippen molar-refractivity contribution in [2.45, 2.75) is 31.3 Å². The minimum atomic E-state index is -4.25. The van der Waals surface area contributed by atoms with Gasteiger partial charge in [-0.05, 0) is 62.0 Å². The Labute approximate surface area is 228 Å². The Morgan fingerprint density at radius 1 is 1.10 bits per heavy atom. The van der Waals surface area contributed by atoms with E-state index in [1.807, 2.05) is 12.1 Å². The normalized spacial score (nSPS) is 18.4. The van der Waals surface area contributed by atoms with Crippen LogP contribution in [0, 0.1) is 11.8 Å². The number of hydrogen-bond donors (Lipinski definition) is 2. The number of sulfonamides is 1. The maximum absolute atomic E-state index is 13.9. The number of fused-ring (bicyclic) bond motifs is 1. The number of anilines is 2. The number of likely N-dealkylation sites (N-methyl/N-ethyl adjacent to an activating group) is 1. The molecule has 39 heavy (non-hydrogen) atoms. The molecule has 0 aromatic heterocycles. The highest BCUT2D eigenvalue weighted by Crippen LogP contribution is 2.34. The second-order valence-corrected chi connectivity index (χ2v) is 11.4. The van der Waals surface area contributed by atoms with Gasteiger partial charge < -0.3 is 19.4 Å². The molecule has 0 spiro atoms. The second-order valence-electron chi connectivity index (χ2n) is 9.46. The van der Waals surface area contributed by atoms with Crippen LogP contribution in [0.4, 0.5) is 11.4 Å². The van der Waals surface area contributed by atoms with Crippen LogP contribution in [0.2, 0.25) is 0 Å². The molecule has 1 atom stereocenters. The summed E-state index contributed by atoms with van der Waals surface area (Å²) in [5, 5.41) is 9.49. The standard InChI is InChI=1S/C27H33N5O6S/c1-4-5-16-38-23-7-9-24(10-8-23)39(36,37)32-18-21-17-22(30-14-12-29(3)13-15-30)6-11-25(21)31(20(2)33)19-26(32)27(34)28-35/h6-11,17,26,35H,12-16,18-19H2,1-3H3,(H,28,34). The molecule has 2 N–H and O–H groups in total. The maximum atomic E-state index is 13.9. The zero-order valence-electron chi connectivity index (χ0n) is 22.3. The van der Waals surface area contributed by atoms with Gasteiger partial charge in [0.2, 0.25) is 15.9 Å². The summed E-state index contributed by atoms with van der Waals surface area (Å²) >= 11 is 0. The Morgan fingerprint density at radius 2 is 1.79 bits per heavy atom. The molecule has 2 aliphatic heterocycles. The Kier molecular flexibility index (Phi) is 8.76. The van der Waals surface area contributed by atoms with Crippen molar-refractivity contribution in [3.63, 3.8) is 0 Å². The molecule has 1 unspecified atom stereocenters. The number of benzene rings is 2. The second kappa shape index (κ2) is 12.0. The van der Waals surface area contributed by atoms with E-state index in [-0.39, 0.29) is 30.5 Å². The Bertz CT molecular complexity index is 1380. The zero-order valence-corrected chi connectivity index (χ0v) is 23.1. The molecule has 0 radical (unpaired) electrons. The van der Waals surface area contributed by atoms with Gasteiger partial charge in [0.25, 0.3) is 5.91 Å². The molecule has 2 aliphatic rings. The van der Waals surface area contributed by atoms with Crippen LogP contribution in [0.1, 0.15) is 19.4 Å². The number of hydroxylamine groups is 1. The molecule has 0 saturated carbocycles. The third kappa shape index (κ3) is 6.17. The van der Waals surface area contributed by atoms with Crippen molar-refractivity contribution in [1.82, 2.24) is 14.7 Å². The first-order valence-corrected chi connectivity index (χ1v) is 14.0. The Morgan fingerprint density at radius 3 is 2.41 bits per heavy atom. The number of nitrogens with zero attached hydrogens (tertiary/aromatic N) is 4. The fourth-order valence-corrected chi connectivity index (χ4v) is 6.29. The van der Waals surface area contributed by atoms with Crippen LogP contribution in [0.15, 0.2) is 47.4 Å². The van der Waals surface area contributed by atoms with E-state index in [0.29, 0.717) is 17.0 Å². The Hall–Kier alpha value is -3.63. The predicted octanol–water partition coefficient (Wildman–Crippen LogP) is 1.27. The summed E-state index contributed by atoms with van der Waals surface area (Å²) in [4.78, 5) is 31.3. The van der Waals surface area contributed by atoms with E-state index in [1.165, 1.54) is 36.1 Å². The summed E-state index contributed by atoms with van der Waals surface area (Å²) in [7, 11) is -2.19. The largest absolute Gasteiger partial charge is 0.481 e. The first-order chi connectivity index (χ1) is 18.6. The fraction of sp³-hybridized carbons (Fsp3) is 0.407.